The molecule has 1 aromatic heterocycles. The van der Waals surface area contributed by atoms with Crippen LogP contribution in [0.2, 0.25) is 5.02 Å². The van der Waals surface area contributed by atoms with Gasteiger partial charge in [-0.15, -0.1) is 0 Å². The second-order valence-electron chi connectivity index (χ2n) is 15.3. The average molecular weight is 764 g/mol. The topological polar surface area (TPSA) is 172 Å². The van der Waals surface area contributed by atoms with Crippen LogP contribution in [0.1, 0.15) is 105 Å². The number of amides is 5. The number of carbonyl (C=O) groups is 5. The molecule has 284 valence electrons. The van der Waals surface area contributed by atoms with Crippen LogP contribution < -0.4 is 15.5 Å². The number of piperidine rings is 2. The molecule has 3 aromatic rings. The minimum atomic E-state index is -0.969. The molecule has 8 rings (SSSR count). The van der Waals surface area contributed by atoms with Crippen LogP contribution in [-0.2, 0) is 29.2 Å². The molecule has 55 heavy (non-hydrogen) atoms. The summed E-state index contributed by atoms with van der Waals surface area (Å²) in [6.45, 7) is 3.71. The van der Waals surface area contributed by atoms with Crippen LogP contribution >= 0.6 is 11.6 Å². The Hall–Kier alpha value is -5.23. The second kappa shape index (κ2) is 15.1. The third-order valence-corrected chi connectivity index (χ3v) is 12.3. The van der Waals surface area contributed by atoms with E-state index in [1.807, 2.05) is 31.3 Å². The van der Waals surface area contributed by atoms with E-state index in [4.69, 9.17) is 16.9 Å². The molecule has 5 aliphatic rings. The molecule has 1 unspecified atom stereocenters. The van der Waals surface area contributed by atoms with Crippen LogP contribution in [0.15, 0.2) is 42.7 Å². The first-order chi connectivity index (χ1) is 26.6. The number of hydrogen-bond acceptors (Lipinski definition) is 11. The molecule has 1 saturated carbocycles. The average Bonchev–Trinajstić information content (AvgIpc) is 3.71. The lowest BCUT2D eigenvalue weighted by Crippen LogP contribution is -2.54. The first-order valence-corrected chi connectivity index (χ1v) is 19.3. The van der Waals surface area contributed by atoms with Gasteiger partial charge in [0.15, 0.2) is 0 Å². The van der Waals surface area contributed by atoms with Crippen LogP contribution in [0.3, 0.4) is 0 Å². The number of hydrogen-bond donors (Lipinski definition) is 2. The predicted octanol–water partition coefficient (Wildman–Crippen LogP) is 3.56. The number of nitrogens with zero attached hydrogens (tertiary/aromatic N) is 7. The van der Waals surface area contributed by atoms with Gasteiger partial charge in [0.05, 0.1) is 33.8 Å². The number of nitrogens with one attached hydrogen (secondary N) is 2. The maximum atomic E-state index is 13.3. The number of rotatable bonds is 8. The van der Waals surface area contributed by atoms with Gasteiger partial charge in [0.1, 0.15) is 17.9 Å². The maximum Gasteiger partial charge on any atom is 0.262 e. The monoisotopic (exact) mass is 763 g/mol. The molecule has 5 amide bonds. The number of imide groups is 2. The van der Waals surface area contributed by atoms with Gasteiger partial charge in [-0.1, -0.05) is 11.6 Å². The SMILES string of the molecule is CN(c1ccc(C#N)c(Cl)c1)C1CCC(NC(=O)c2cnc(CN3CCC(N4Cc5cc6c(cc5C4)C(=O)N(C4CCC(=O)NC4=O)C6=O)CC3)nc2)CC1. The first-order valence-electron chi connectivity index (χ1n) is 18.9. The van der Waals surface area contributed by atoms with Crippen molar-refractivity contribution in [2.75, 3.05) is 25.0 Å². The summed E-state index contributed by atoms with van der Waals surface area (Å²) in [6, 6.07) is 11.0. The minimum Gasteiger partial charge on any atom is -0.372 e. The maximum absolute atomic E-state index is 13.3. The summed E-state index contributed by atoms with van der Waals surface area (Å²) in [7, 11) is 2.04. The lowest BCUT2D eigenvalue weighted by Gasteiger charge is -2.36. The van der Waals surface area contributed by atoms with E-state index in [9.17, 15) is 24.0 Å². The number of halogens is 1. The quantitative estimate of drug-likeness (QED) is 0.322. The molecule has 2 saturated heterocycles. The standard InChI is InChI=1S/C40H42ClN9O5/c1-47(30-5-2-23(17-42)33(41)16-30)28-6-3-27(4-7-28)45-37(52)26-18-43-35(44-19-26)22-48-12-10-29(11-13-48)49-20-24-14-31-32(15-25(24)21-49)40(55)50(39(31)54)34-8-9-36(51)46-38(34)53/h2,5,14-16,18-19,27-29,34H,3-4,6-13,20-22H2,1H3,(H,45,52)(H,46,51,53). The summed E-state index contributed by atoms with van der Waals surface area (Å²) in [6.07, 6.45) is 8.91. The minimum absolute atomic E-state index is 0.0762. The summed E-state index contributed by atoms with van der Waals surface area (Å²) in [5.74, 6) is -1.45. The zero-order valence-electron chi connectivity index (χ0n) is 30.6. The van der Waals surface area contributed by atoms with Gasteiger partial charge in [0.25, 0.3) is 17.7 Å². The summed E-state index contributed by atoms with van der Waals surface area (Å²) in [4.78, 5) is 80.7. The van der Waals surface area contributed by atoms with E-state index >= 15 is 0 Å². The van der Waals surface area contributed by atoms with Crippen molar-refractivity contribution in [3.63, 3.8) is 0 Å². The summed E-state index contributed by atoms with van der Waals surface area (Å²) in [5.41, 5.74) is 4.58. The molecule has 0 radical (unpaired) electrons. The van der Waals surface area contributed by atoms with Gasteiger partial charge in [0, 0.05) is 75.9 Å². The van der Waals surface area contributed by atoms with Crippen LogP contribution in [0.5, 0.6) is 0 Å². The molecule has 0 bridgehead atoms. The number of likely N-dealkylation sites (tertiary alicyclic amines) is 1. The van der Waals surface area contributed by atoms with Crippen LogP contribution in [0, 0.1) is 11.3 Å². The van der Waals surface area contributed by atoms with Crippen molar-refractivity contribution in [3.8, 4) is 6.07 Å². The fourth-order valence-corrected chi connectivity index (χ4v) is 8.97. The highest BCUT2D eigenvalue weighted by molar-refractivity contribution is 6.32. The van der Waals surface area contributed by atoms with Crippen molar-refractivity contribution in [1.29, 1.82) is 5.26 Å². The molecular weight excluding hydrogens is 722 g/mol. The predicted molar refractivity (Wildman–Crippen MR) is 201 cm³/mol. The molecule has 4 aliphatic heterocycles. The number of anilines is 1. The van der Waals surface area contributed by atoms with Crippen molar-refractivity contribution in [2.45, 2.75) is 95.2 Å². The Balaban J connectivity index is 0.784. The fourth-order valence-electron chi connectivity index (χ4n) is 8.75. The van der Waals surface area contributed by atoms with Crippen LogP contribution in [0.4, 0.5) is 5.69 Å². The molecule has 5 heterocycles. The third-order valence-electron chi connectivity index (χ3n) is 12.0. The Bertz CT molecular complexity index is 2060. The number of nitriles is 1. The Morgan fingerprint density at radius 3 is 2.20 bits per heavy atom. The van der Waals surface area contributed by atoms with Gasteiger partial charge in [-0.2, -0.15) is 5.26 Å². The highest BCUT2D eigenvalue weighted by Crippen LogP contribution is 2.35. The van der Waals surface area contributed by atoms with Gasteiger partial charge in [-0.05, 0) is 86.4 Å². The van der Waals surface area contributed by atoms with E-state index < -0.39 is 29.7 Å². The normalized spacial score (nSPS) is 23.3. The molecule has 2 N–H and O–H groups in total. The molecule has 2 aromatic carbocycles. The fraction of sp³-hybridized carbons (Fsp3) is 0.450. The zero-order valence-corrected chi connectivity index (χ0v) is 31.3. The molecule has 1 atom stereocenters. The summed E-state index contributed by atoms with van der Waals surface area (Å²) >= 11 is 6.25. The summed E-state index contributed by atoms with van der Waals surface area (Å²) in [5, 5.41) is 15.0. The van der Waals surface area contributed by atoms with Gasteiger partial charge >= 0.3 is 0 Å². The smallest absolute Gasteiger partial charge is 0.262 e. The first kappa shape index (κ1) is 36.7. The van der Waals surface area contributed by atoms with Gasteiger partial charge in [0.2, 0.25) is 11.8 Å². The third kappa shape index (κ3) is 7.31. The Kier molecular flexibility index (Phi) is 10.1. The van der Waals surface area contributed by atoms with Crippen molar-refractivity contribution in [3.05, 3.63) is 87.0 Å². The van der Waals surface area contributed by atoms with E-state index in [0.29, 0.717) is 64.8 Å². The van der Waals surface area contributed by atoms with E-state index in [0.717, 1.165) is 73.3 Å². The highest BCUT2D eigenvalue weighted by atomic mass is 35.5. The Labute approximate surface area is 323 Å². The zero-order chi connectivity index (χ0) is 38.4. The molecule has 1 aliphatic carbocycles. The van der Waals surface area contributed by atoms with Gasteiger partial charge in [-0.25, -0.2) is 9.97 Å². The molecule has 14 nitrogen and oxygen atoms in total. The number of carbonyl (C=O) groups excluding carboxylic acids is 5. The number of benzene rings is 2. The van der Waals surface area contributed by atoms with Crippen LogP contribution in [0.25, 0.3) is 0 Å². The van der Waals surface area contributed by atoms with E-state index in [2.05, 4.69) is 41.4 Å². The van der Waals surface area contributed by atoms with Crippen molar-refractivity contribution in [2.24, 2.45) is 0 Å². The molecular formula is C40H42ClN9O5. The van der Waals surface area contributed by atoms with Gasteiger partial charge < -0.3 is 10.2 Å². The van der Waals surface area contributed by atoms with E-state index in [1.165, 1.54) is 0 Å². The molecule has 3 fully saturated rings. The Morgan fingerprint density at radius 2 is 1.60 bits per heavy atom. The molecule has 15 heteroatoms. The van der Waals surface area contributed by atoms with Crippen molar-refractivity contribution < 1.29 is 24.0 Å². The van der Waals surface area contributed by atoms with Crippen molar-refractivity contribution in [1.82, 2.24) is 35.3 Å². The number of fused-ring (bicyclic) bond motifs is 2. The van der Waals surface area contributed by atoms with E-state index in [1.54, 1.807) is 18.5 Å². The lowest BCUT2D eigenvalue weighted by atomic mass is 9.90. The summed E-state index contributed by atoms with van der Waals surface area (Å²) < 4.78 is 0. The van der Waals surface area contributed by atoms with Crippen LogP contribution in [-0.4, -0.2) is 98.5 Å². The number of aromatic nitrogens is 2. The Morgan fingerprint density at radius 1 is 0.945 bits per heavy atom. The molecule has 0 spiro atoms. The highest BCUT2D eigenvalue weighted by Gasteiger charge is 2.45. The lowest BCUT2D eigenvalue weighted by molar-refractivity contribution is -0.136. The van der Waals surface area contributed by atoms with Crippen molar-refractivity contribution >= 4 is 46.8 Å². The van der Waals surface area contributed by atoms with E-state index in [-0.39, 0.29) is 24.8 Å². The second-order valence-corrected chi connectivity index (χ2v) is 15.7. The van der Waals surface area contributed by atoms with Gasteiger partial charge in [-0.3, -0.25) is 44.0 Å². The largest absolute Gasteiger partial charge is 0.372 e.